The fourth-order valence-corrected chi connectivity index (χ4v) is 2.56. The Morgan fingerprint density at radius 3 is 2.59 bits per heavy atom. The molecule has 3 rings (SSSR count). The number of aromatic nitrogens is 2. The third-order valence-corrected chi connectivity index (χ3v) is 3.91. The summed E-state index contributed by atoms with van der Waals surface area (Å²) in [5, 5.41) is 2.95. The number of imidazole rings is 1. The number of amides is 2. The Balaban J connectivity index is 1.48. The van der Waals surface area contributed by atoms with Gasteiger partial charge in [-0.15, -0.1) is 0 Å². The third kappa shape index (κ3) is 3.65. The summed E-state index contributed by atoms with van der Waals surface area (Å²) in [4.78, 5) is 23.6. The lowest BCUT2D eigenvalue weighted by Gasteiger charge is -2.34. The lowest BCUT2D eigenvalue weighted by molar-refractivity contribution is 0.142. The van der Waals surface area contributed by atoms with Gasteiger partial charge in [0.2, 0.25) is 0 Å². The van der Waals surface area contributed by atoms with Gasteiger partial charge in [0, 0.05) is 50.3 Å². The Bertz CT molecular complexity index is 600. The van der Waals surface area contributed by atoms with E-state index in [9.17, 15) is 4.79 Å². The molecule has 2 amide bonds. The monoisotopic (exact) mass is 299 g/mol. The summed E-state index contributed by atoms with van der Waals surface area (Å²) in [6.07, 6.45) is 3.54. The van der Waals surface area contributed by atoms with Crippen molar-refractivity contribution in [2.75, 3.05) is 31.5 Å². The number of anilines is 1. The molecule has 22 heavy (non-hydrogen) atoms. The summed E-state index contributed by atoms with van der Waals surface area (Å²) in [5.41, 5.74) is 3.14. The zero-order chi connectivity index (χ0) is 15.4. The van der Waals surface area contributed by atoms with Gasteiger partial charge >= 0.3 is 6.03 Å². The van der Waals surface area contributed by atoms with Gasteiger partial charge < -0.3 is 15.2 Å². The third-order valence-electron chi connectivity index (χ3n) is 3.91. The molecule has 0 saturated carbocycles. The zero-order valence-electron chi connectivity index (χ0n) is 12.7. The molecule has 0 bridgehead atoms. The normalized spacial score (nSPS) is 15.8. The summed E-state index contributed by atoms with van der Waals surface area (Å²) in [5.74, 6) is 0. The second-order valence-corrected chi connectivity index (χ2v) is 5.64. The molecule has 2 N–H and O–H groups in total. The van der Waals surface area contributed by atoms with E-state index in [2.05, 4.69) is 20.2 Å². The molecule has 1 aliphatic heterocycles. The number of aryl methyl sites for hydroxylation is 1. The van der Waals surface area contributed by atoms with Crippen molar-refractivity contribution in [3.05, 3.63) is 48.0 Å². The molecule has 0 spiro atoms. The maximum Gasteiger partial charge on any atom is 0.321 e. The summed E-state index contributed by atoms with van der Waals surface area (Å²) in [6, 6.07) is 7.84. The minimum absolute atomic E-state index is 0.0231. The van der Waals surface area contributed by atoms with Crippen LogP contribution >= 0.6 is 0 Å². The van der Waals surface area contributed by atoms with E-state index in [0.717, 1.165) is 44.1 Å². The van der Waals surface area contributed by atoms with Crippen LogP contribution in [0, 0.1) is 6.92 Å². The van der Waals surface area contributed by atoms with Crippen molar-refractivity contribution in [3.8, 4) is 0 Å². The van der Waals surface area contributed by atoms with Crippen LogP contribution in [0.25, 0.3) is 0 Å². The molecule has 0 aliphatic carbocycles. The van der Waals surface area contributed by atoms with Crippen LogP contribution in [-0.2, 0) is 6.54 Å². The van der Waals surface area contributed by atoms with Crippen LogP contribution in [-0.4, -0.2) is 52.0 Å². The second kappa shape index (κ2) is 6.62. The van der Waals surface area contributed by atoms with Gasteiger partial charge in [-0.1, -0.05) is 17.7 Å². The molecule has 1 aromatic carbocycles. The van der Waals surface area contributed by atoms with E-state index in [1.165, 1.54) is 5.56 Å². The molecule has 0 unspecified atom stereocenters. The van der Waals surface area contributed by atoms with Gasteiger partial charge in [-0.05, 0) is 19.1 Å². The number of piperazine rings is 1. The molecule has 1 aliphatic rings. The standard InChI is InChI=1S/C16H21N5O/c1-13-2-4-14(5-3-13)19-16(22)21-8-6-20(7-9-21)11-15-10-17-12-18-15/h2-5,10,12H,6-9,11H2,1H3,(H,17,18)(H,19,22). The van der Waals surface area contributed by atoms with Crippen molar-refractivity contribution in [2.24, 2.45) is 0 Å². The number of hydrogen-bond acceptors (Lipinski definition) is 3. The molecule has 1 aromatic heterocycles. The van der Waals surface area contributed by atoms with E-state index in [4.69, 9.17) is 0 Å². The molecule has 1 saturated heterocycles. The van der Waals surface area contributed by atoms with Crippen LogP contribution in [0.1, 0.15) is 11.3 Å². The lowest BCUT2D eigenvalue weighted by Crippen LogP contribution is -2.49. The highest BCUT2D eigenvalue weighted by Gasteiger charge is 2.21. The van der Waals surface area contributed by atoms with Gasteiger partial charge in [-0.3, -0.25) is 4.90 Å². The van der Waals surface area contributed by atoms with Crippen molar-refractivity contribution < 1.29 is 4.79 Å². The van der Waals surface area contributed by atoms with E-state index in [-0.39, 0.29) is 6.03 Å². The number of nitrogens with one attached hydrogen (secondary N) is 2. The topological polar surface area (TPSA) is 64.3 Å². The van der Waals surface area contributed by atoms with Gasteiger partial charge in [0.25, 0.3) is 0 Å². The van der Waals surface area contributed by atoms with Crippen molar-refractivity contribution in [1.29, 1.82) is 0 Å². The lowest BCUT2D eigenvalue weighted by atomic mass is 10.2. The number of hydrogen-bond donors (Lipinski definition) is 2. The van der Waals surface area contributed by atoms with Gasteiger partial charge in [-0.25, -0.2) is 9.78 Å². The summed E-state index contributed by atoms with van der Waals surface area (Å²) >= 11 is 0. The maximum absolute atomic E-state index is 12.3. The Labute approximate surface area is 130 Å². The number of benzene rings is 1. The Kier molecular flexibility index (Phi) is 4.39. The van der Waals surface area contributed by atoms with Gasteiger partial charge in [0.1, 0.15) is 0 Å². The summed E-state index contributed by atoms with van der Waals surface area (Å²) in [7, 11) is 0. The SMILES string of the molecule is Cc1ccc(NC(=O)N2CCN(Cc3cnc[nH]3)CC2)cc1. The first kappa shape index (κ1) is 14.6. The van der Waals surface area contributed by atoms with Crippen LogP contribution in [0.2, 0.25) is 0 Å². The van der Waals surface area contributed by atoms with Gasteiger partial charge in [0.15, 0.2) is 0 Å². The van der Waals surface area contributed by atoms with Crippen LogP contribution in [0.5, 0.6) is 0 Å². The molecule has 2 aromatic rings. The number of carbonyl (C=O) groups is 1. The van der Waals surface area contributed by atoms with E-state index in [1.54, 1.807) is 6.33 Å². The molecule has 6 heteroatoms. The molecular weight excluding hydrogens is 278 g/mol. The van der Waals surface area contributed by atoms with Crippen LogP contribution in [0.15, 0.2) is 36.8 Å². The predicted octanol–water partition coefficient (Wildman–Crippen LogP) is 2.07. The number of rotatable bonds is 3. The smallest absolute Gasteiger partial charge is 0.321 e. The van der Waals surface area contributed by atoms with Crippen molar-refractivity contribution >= 4 is 11.7 Å². The molecule has 2 heterocycles. The molecule has 1 fully saturated rings. The van der Waals surface area contributed by atoms with Crippen LogP contribution in [0.3, 0.4) is 0 Å². The van der Waals surface area contributed by atoms with Gasteiger partial charge in [-0.2, -0.15) is 0 Å². The number of aromatic amines is 1. The van der Waals surface area contributed by atoms with E-state index in [1.807, 2.05) is 42.3 Å². The number of nitrogens with zero attached hydrogens (tertiary/aromatic N) is 3. The highest BCUT2D eigenvalue weighted by molar-refractivity contribution is 5.89. The maximum atomic E-state index is 12.3. The first-order valence-electron chi connectivity index (χ1n) is 7.53. The van der Waals surface area contributed by atoms with E-state index >= 15 is 0 Å². The van der Waals surface area contributed by atoms with E-state index < -0.39 is 0 Å². The van der Waals surface area contributed by atoms with Crippen molar-refractivity contribution in [3.63, 3.8) is 0 Å². The van der Waals surface area contributed by atoms with Crippen molar-refractivity contribution in [2.45, 2.75) is 13.5 Å². The minimum Gasteiger partial charge on any atom is -0.347 e. The molecule has 6 nitrogen and oxygen atoms in total. The highest BCUT2D eigenvalue weighted by atomic mass is 16.2. The predicted molar refractivity (Wildman–Crippen MR) is 85.6 cm³/mol. The Morgan fingerprint density at radius 1 is 1.23 bits per heavy atom. The molecular formula is C16H21N5O. The number of carbonyl (C=O) groups excluding carboxylic acids is 1. The van der Waals surface area contributed by atoms with Crippen LogP contribution in [0.4, 0.5) is 10.5 Å². The average molecular weight is 299 g/mol. The Morgan fingerprint density at radius 2 is 1.95 bits per heavy atom. The molecule has 116 valence electrons. The van der Waals surface area contributed by atoms with E-state index in [0.29, 0.717) is 0 Å². The molecule has 0 atom stereocenters. The average Bonchev–Trinajstić information content (AvgIpc) is 3.03. The van der Waals surface area contributed by atoms with Gasteiger partial charge in [0.05, 0.1) is 6.33 Å². The first-order chi connectivity index (χ1) is 10.7. The number of urea groups is 1. The zero-order valence-corrected chi connectivity index (χ0v) is 12.7. The quantitative estimate of drug-likeness (QED) is 0.912. The number of H-pyrrole nitrogens is 1. The first-order valence-corrected chi connectivity index (χ1v) is 7.53. The minimum atomic E-state index is -0.0231. The fraction of sp³-hybridized carbons (Fsp3) is 0.375. The second-order valence-electron chi connectivity index (χ2n) is 5.64. The summed E-state index contributed by atoms with van der Waals surface area (Å²) < 4.78 is 0. The van der Waals surface area contributed by atoms with Crippen LogP contribution < -0.4 is 5.32 Å². The molecule has 0 radical (unpaired) electrons. The van der Waals surface area contributed by atoms with Crippen molar-refractivity contribution in [1.82, 2.24) is 19.8 Å². The Hall–Kier alpha value is -2.34. The summed E-state index contributed by atoms with van der Waals surface area (Å²) in [6.45, 7) is 6.12. The highest BCUT2D eigenvalue weighted by Crippen LogP contribution is 2.11. The largest absolute Gasteiger partial charge is 0.347 e. The fourth-order valence-electron chi connectivity index (χ4n) is 2.56.